The molecule has 398 valence electrons. The molecule has 4 aromatic heterocycles. The molecule has 4 heteroatoms. The molecule has 4 nitrogen and oxygen atoms in total. The van der Waals surface area contributed by atoms with Crippen molar-refractivity contribution < 1.29 is 0 Å². The Labute approximate surface area is 495 Å². The lowest BCUT2D eigenvalue weighted by Crippen LogP contribution is -1.95. The Balaban J connectivity index is 0.905. The van der Waals surface area contributed by atoms with Crippen LogP contribution in [0.4, 0.5) is 0 Å². The third-order valence-corrected chi connectivity index (χ3v) is 16.4. The van der Waals surface area contributed by atoms with Gasteiger partial charge in [0.15, 0.2) is 0 Å². The highest BCUT2D eigenvalue weighted by Gasteiger charge is 2.21. The molecule has 0 aliphatic heterocycles. The minimum Gasteiger partial charge on any atom is -0.309 e. The van der Waals surface area contributed by atoms with Gasteiger partial charge >= 0.3 is 0 Å². The van der Waals surface area contributed by atoms with Crippen molar-refractivity contribution in [1.82, 2.24) is 19.5 Å². The summed E-state index contributed by atoms with van der Waals surface area (Å²) in [6, 6.07) is 111. The fraction of sp³-hybridized carbons (Fsp3) is 0. The van der Waals surface area contributed by atoms with Gasteiger partial charge in [0.2, 0.25) is 0 Å². The molecule has 0 N–H and O–H groups in total. The summed E-state index contributed by atoms with van der Waals surface area (Å²) in [5.41, 5.74) is 27.0. The van der Waals surface area contributed by atoms with E-state index < -0.39 is 0 Å². The predicted octanol–water partition coefficient (Wildman–Crippen LogP) is 21.3. The molecular weight excluding hydrogens is 1030 g/mol. The quantitative estimate of drug-likeness (QED) is 0.122. The molecule has 0 bridgehead atoms. The van der Waals surface area contributed by atoms with Crippen molar-refractivity contribution in [3.05, 3.63) is 328 Å². The van der Waals surface area contributed by atoms with Crippen LogP contribution in [0.15, 0.2) is 328 Å². The molecule has 0 amide bonds. The average molecular weight is 1080 g/mol. The van der Waals surface area contributed by atoms with Gasteiger partial charge in [0, 0.05) is 68.4 Å². The van der Waals surface area contributed by atoms with E-state index in [4.69, 9.17) is 15.0 Å². The lowest BCUT2D eigenvalue weighted by Gasteiger charge is -2.19. The standard InChI is InChI=1S/C81H54N4/c1-5-21-55(22-6-1)56-37-39-57(40-38-56)74-51-79(60-43-46-81-75(50-60)73-35-19-20-36-80(73)85(81)66-27-11-4-12-28-66)84-54-76(74)72-34-18-17-33-71(72)65-48-63(69-31-15-13-29-67(69)61-41-44-77(82-52-61)58-23-7-2-8-24-58)47-64(49-65)70-32-16-14-30-68(70)62-42-45-78(83-53-62)59-25-9-3-10-26-59/h1-54H. The van der Waals surface area contributed by atoms with E-state index in [0.717, 1.165) is 128 Å². The van der Waals surface area contributed by atoms with E-state index in [9.17, 15) is 0 Å². The first-order chi connectivity index (χ1) is 42.1. The van der Waals surface area contributed by atoms with E-state index in [1.165, 1.54) is 21.9 Å². The van der Waals surface area contributed by atoms with Crippen LogP contribution >= 0.6 is 0 Å². The van der Waals surface area contributed by atoms with Crippen molar-refractivity contribution in [2.24, 2.45) is 0 Å². The second-order valence-electron chi connectivity index (χ2n) is 21.5. The highest BCUT2D eigenvalue weighted by Crippen LogP contribution is 2.45. The highest BCUT2D eigenvalue weighted by molar-refractivity contribution is 6.10. The fourth-order valence-electron chi connectivity index (χ4n) is 12.2. The van der Waals surface area contributed by atoms with Crippen molar-refractivity contribution in [3.63, 3.8) is 0 Å². The van der Waals surface area contributed by atoms with Gasteiger partial charge in [0.05, 0.1) is 28.1 Å². The van der Waals surface area contributed by atoms with Crippen molar-refractivity contribution in [2.45, 2.75) is 0 Å². The maximum atomic E-state index is 5.42. The number of rotatable bonds is 12. The van der Waals surface area contributed by atoms with Crippen LogP contribution in [0.3, 0.4) is 0 Å². The molecule has 0 saturated carbocycles. The number of hydrogen-bond donors (Lipinski definition) is 0. The van der Waals surface area contributed by atoms with E-state index >= 15 is 0 Å². The molecule has 11 aromatic carbocycles. The number of hydrogen-bond acceptors (Lipinski definition) is 3. The summed E-state index contributed by atoms with van der Waals surface area (Å²) in [7, 11) is 0. The Morgan fingerprint density at radius 2 is 0.576 bits per heavy atom. The maximum absolute atomic E-state index is 5.42. The summed E-state index contributed by atoms with van der Waals surface area (Å²) in [5.74, 6) is 0. The highest BCUT2D eigenvalue weighted by atomic mass is 15.0. The molecule has 0 aliphatic rings. The molecule has 15 aromatic rings. The van der Waals surface area contributed by atoms with E-state index in [0.29, 0.717) is 0 Å². The van der Waals surface area contributed by atoms with Gasteiger partial charge in [-0.2, -0.15) is 0 Å². The molecule has 0 unspecified atom stereocenters. The zero-order valence-corrected chi connectivity index (χ0v) is 46.5. The van der Waals surface area contributed by atoms with E-state index in [1.54, 1.807) is 0 Å². The zero-order valence-electron chi connectivity index (χ0n) is 46.5. The van der Waals surface area contributed by atoms with Crippen LogP contribution in [0.25, 0.3) is 150 Å². The summed E-state index contributed by atoms with van der Waals surface area (Å²) in [4.78, 5) is 15.4. The Bertz CT molecular complexity index is 4740. The van der Waals surface area contributed by atoms with Crippen LogP contribution in [-0.4, -0.2) is 19.5 Å². The Morgan fingerprint density at radius 1 is 0.188 bits per heavy atom. The number of benzene rings is 11. The van der Waals surface area contributed by atoms with Gasteiger partial charge in [-0.05, 0) is 139 Å². The first-order valence-corrected chi connectivity index (χ1v) is 28.9. The van der Waals surface area contributed by atoms with E-state index in [-0.39, 0.29) is 0 Å². The van der Waals surface area contributed by atoms with Crippen molar-refractivity contribution in [2.75, 3.05) is 0 Å². The van der Waals surface area contributed by atoms with Crippen molar-refractivity contribution in [3.8, 4) is 128 Å². The molecule has 0 spiro atoms. The van der Waals surface area contributed by atoms with Crippen molar-refractivity contribution >= 4 is 21.8 Å². The molecule has 0 fully saturated rings. The third kappa shape index (κ3) is 9.78. The van der Waals surface area contributed by atoms with E-state index in [2.05, 4.69) is 308 Å². The second kappa shape index (κ2) is 22.2. The third-order valence-electron chi connectivity index (χ3n) is 16.4. The monoisotopic (exact) mass is 1080 g/mol. The van der Waals surface area contributed by atoms with Gasteiger partial charge in [0.25, 0.3) is 0 Å². The molecule has 15 rings (SSSR count). The molecule has 4 heterocycles. The number of fused-ring (bicyclic) bond motifs is 3. The minimum absolute atomic E-state index is 0.900. The first kappa shape index (κ1) is 50.6. The molecule has 85 heavy (non-hydrogen) atoms. The van der Waals surface area contributed by atoms with Gasteiger partial charge in [-0.1, -0.05) is 243 Å². The van der Waals surface area contributed by atoms with Gasteiger partial charge in [-0.3, -0.25) is 15.0 Å². The summed E-state index contributed by atoms with van der Waals surface area (Å²) in [6.07, 6.45) is 6.11. The zero-order chi connectivity index (χ0) is 56.5. The van der Waals surface area contributed by atoms with Crippen LogP contribution in [0.1, 0.15) is 0 Å². The van der Waals surface area contributed by atoms with Crippen LogP contribution in [0, 0.1) is 0 Å². The summed E-state index contributed by atoms with van der Waals surface area (Å²) < 4.78 is 2.36. The van der Waals surface area contributed by atoms with Crippen LogP contribution < -0.4 is 0 Å². The lowest BCUT2D eigenvalue weighted by atomic mass is 9.85. The Kier molecular flexibility index (Phi) is 13.2. The average Bonchev–Trinajstić information content (AvgIpc) is 3.34. The van der Waals surface area contributed by atoms with Crippen LogP contribution in [0.2, 0.25) is 0 Å². The summed E-state index contributed by atoms with van der Waals surface area (Å²) in [6.45, 7) is 0. The Morgan fingerprint density at radius 3 is 1.11 bits per heavy atom. The fourth-order valence-corrected chi connectivity index (χ4v) is 12.2. The largest absolute Gasteiger partial charge is 0.309 e. The van der Waals surface area contributed by atoms with E-state index in [1.807, 2.05) is 24.5 Å². The summed E-state index contributed by atoms with van der Waals surface area (Å²) in [5, 5.41) is 2.38. The molecule has 0 atom stereocenters. The minimum atomic E-state index is 0.900. The predicted molar refractivity (Wildman–Crippen MR) is 354 cm³/mol. The summed E-state index contributed by atoms with van der Waals surface area (Å²) >= 11 is 0. The normalized spacial score (nSPS) is 11.3. The SMILES string of the molecule is c1ccc(-c2ccc(-c3cc(-c4ccc5c(c4)c4ccccc4n5-c4ccccc4)ncc3-c3ccccc3-c3cc(-c4ccccc4-c4ccc(-c5ccccc5)nc4)cc(-c4ccccc4-c4ccc(-c5ccccc5)nc4)c3)cc2)cc1. The molecular formula is C81H54N4. The molecule has 0 aliphatic carbocycles. The van der Waals surface area contributed by atoms with Crippen LogP contribution in [-0.2, 0) is 0 Å². The van der Waals surface area contributed by atoms with Gasteiger partial charge in [-0.25, -0.2) is 0 Å². The first-order valence-electron chi connectivity index (χ1n) is 28.9. The number of nitrogens with zero attached hydrogens (tertiary/aromatic N) is 4. The second-order valence-corrected chi connectivity index (χ2v) is 21.5. The van der Waals surface area contributed by atoms with Gasteiger partial charge in [0.1, 0.15) is 0 Å². The maximum Gasteiger partial charge on any atom is 0.0708 e. The number of pyridine rings is 3. The number of para-hydroxylation sites is 2. The smallest absolute Gasteiger partial charge is 0.0708 e. The molecule has 0 saturated heterocycles. The topological polar surface area (TPSA) is 43.6 Å². The van der Waals surface area contributed by atoms with Gasteiger partial charge in [-0.15, -0.1) is 0 Å². The van der Waals surface area contributed by atoms with Crippen molar-refractivity contribution in [1.29, 1.82) is 0 Å². The number of aromatic nitrogens is 4. The lowest BCUT2D eigenvalue weighted by molar-refractivity contribution is 1.18. The molecule has 0 radical (unpaired) electrons. The van der Waals surface area contributed by atoms with Crippen LogP contribution in [0.5, 0.6) is 0 Å². The Hall–Kier alpha value is -11.3. The van der Waals surface area contributed by atoms with Gasteiger partial charge < -0.3 is 4.57 Å².